The van der Waals surface area contributed by atoms with Crippen molar-refractivity contribution in [3.8, 4) is 0 Å². The van der Waals surface area contributed by atoms with E-state index in [1.165, 1.54) is 24.0 Å². The largest absolute Gasteiger partial charge is 0.354 e. The van der Waals surface area contributed by atoms with Crippen molar-refractivity contribution in [2.75, 3.05) is 26.2 Å². The number of nitrogens with one attached hydrogen (secondary N) is 3. The van der Waals surface area contributed by atoms with Crippen LogP contribution in [-0.2, 0) is 16.6 Å². The number of hydrogen-bond donors (Lipinski definition) is 3. The smallest absolute Gasteiger partial charge is 0.241 e. The van der Waals surface area contributed by atoms with E-state index in [2.05, 4.69) is 66.0 Å². The predicted octanol–water partition coefficient (Wildman–Crippen LogP) is 3.76. The molecule has 1 unspecified atom stereocenters. The van der Waals surface area contributed by atoms with Crippen molar-refractivity contribution < 1.29 is 4.79 Å². The number of benzene rings is 1. The lowest BCUT2D eigenvalue weighted by molar-refractivity contribution is -0.123. The molecule has 3 rings (SSSR count). The zero-order valence-corrected chi connectivity index (χ0v) is 19.3. The number of amides is 1. The van der Waals surface area contributed by atoms with Crippen molar-refractivity contribution >= 4 is 5.91 Å². The van der Waals surface area contributed by atoms with Crippen molar-refractivity contribution in [2.24, 2.45) is 5.92 Å². The van der Waals surface area contributed by atoms with Crippen LogP contribution < -0.4 is 16.0 Å². The highest BCUT2D eigenvalue weighted by Crippen LogP contribution is 2.24. The van der Waals surface area contributed by atoms with Crippen LogP contribution in [0.3, 0.4) is 0 Å². The molecule has 168 valence electrons. The third-order valence-corrected chi connectivity index (χ3v) is 6.19. The van der Waals surface area contributed by atoms with Crippen LogP contribution in [0.25, 0.3) is 0 Å². The molecule has 0 spiro atoms. The summed E-state index contributed by atoms with van der Waals surface area (Å²) in [4.78, 5) is 17.2. The SMILES string of the molecule is CC(C)(C)c1ccc(C(NCCC2CCNCC2)C(=O)NCCc2ccncc2)cc1. The fourth-order valence-corrected chi connectivity index (χ4v) is 4.12. The van der Waals surface area contributed by atoms with Gasteiger partial charge in [-0.3, -0.25) is 9.78 Å². The van der Waals surface area contributed by atoms with Crippen LogP contribution in [0.1, 0.15) is 62.8 Å². The molecule has 1 atom stereocenters. The Kier molecular flexibility index (Phi) is 8.61. The van der Waals surface area contributed by atoms with E-state index < -0.39 is 0 Å². The lowest BCUT2D eigenvalue weighted by Crippen LogP contribution is -2.39. The van der Waals surface area contributed by atoms with Gasteiger partial charge in [-0.05, 0) is 85.5 Å². The third kappa shape index (κ3) is 7.44. The van der Waals surface area contributed by atoms with Gasteiger partial charge in [0.1, 0.15) is 6.04 Å². The van der Waals surface area contributed by atoms with Crippen LogP contribution in [-0.4, -0.2) is 37.1 Å². The summed E-state index contributed by atoms with van der Waals surface area (Å²) < 4.78 is 0. The van der Waals surface area contributed by atoms with Crippen molar-refractivity contribution in [3.05, 3.63) is 65.5 Å². The minimum absolute atomic E-state index is 0.0443. The van der Waals surface area contributed by atoms with Gasteiger partial charge in [0, 0.05) is 18.9 Å². The fourth-order valence-electron chi connectivity index (χ4n) is 4.12. The molecule has 0 radical (unpaired) electrons. The van der Waals surface area contributed by atoms with Gasteiger partial charge in [-0.15, -0.1) is 0 Å². The fraction of sp³-hybridized carbons (Fsp3) is 0.538. The molecule has 1 saturated heterocycles. The van der Waals surface area contributed by atoms with E-state index in [9.17, 15) is 4.79 Å². The predicted molar refractivity (Wildman–Crippen MR) is 127 cm³/mol. The number of piperidine rings is 1. The highest BCUT2D eigenvalue weighted by molar-refractivity contribution is 5.83. The van der Waals surface area contributed by atoms with E-state index in [0.717, 1.165) is 44.0 Å². The molecule has 5 heteroatoms. The van der Waals surface area contributed by atoms with Crippen LogP contribution in [0.5, 0.6) is 0 Å². The number of carbonyl (C=O) groups excluding carboxylic acids is 1. The zero-order chi connectivity index (χ0) is 22.1. The first kappa shape index (κ1) is 23.4. The molecule has 0 aliphatic carbocycles. The number of rotatable bonds is 9. The molecule has 31 heavy (non-hydrogen) atoms. The van der Waals surface area contributed by atoms with E-state index >= 15 is 0 Å². The van der Waals surface area contributed by atoms with Crippen molar-refractivity contribution in [1.29, 1.82) is 0 Å². The van der Waals surface area contributed by atoms with Gasteiger partial charge in [0.25, 0.3) is 0 Å². The molecule has 2 aromatic rings. The highest BCUT2D eigenvalue weighted by atomic mass is 16.2. The topological polar surface area (TPSA) is 66.0 Å². The Morgan fingerprint density at radius 3 is 2.39 bits per heavy atom. The Hall–Kier alpha value is -2.24. The van der Waals surface area contributed by atoms with Gasteiger partial charge in [0.15, 0.2) is 0 Å². The second-order valence-corrected chi connectivity index (χ2v) is 9.64. The number of pyridine rings is 1. The van der Waals surface area contributed by atoms with Gasteiger partial charge in [-0.2, -0.15) is 0 Å². The van der Waals surface area contributed by atoms with Crippen molar-refractivity contribution in [2.45, 2.75) is 57.9 Å². The Balaban J connectivity index is 1.61. The van der Waals surface area contributed by atoms with Crippen LogP contribution >= 0.6 is 0 Å². The molecular weight excluding hydrogens is 384 g/mol. The molecule has 3 N–H and O–H groups in total. The molecule has 0 saturated carbocycles. The normalized spacial score (nSPS) is 16.1. The summed E-state index contributed by atoms with van der Waals surface area (Å²) in [5, 5.41) is 10.1. The third-order valence-electron chi connectivity index (χ3n) is 6.19. The Morgan fingerprint density at radius 1 is 1.06 bits per heavy atom. The lowest BCUT2D eigenvalue weighted by atomic mass is 9.86. The molecular formula is C26H38N4O. The van der Waals surface area contributed by atoms with Gasteiger partial charge < -0.3 is 16.0 Å². The number of hydrogen-bond acceptors (Lipinski definition) is 4. The molecule has 1 amide bonds. The maximum absolute atomic E-state index is 13.1. The molecule has 1 aromatic heterocycles. The average Bonchev–Trinajstić information content (AvgIpc) is 2.77. The summed E-state index contributed by atoms with van der Waals surface area (Å²) >= 11 is 0. The van der Waals surface area contributed by atoms with Gasteiger partial charge in [0.2, 0.25) is 5.91 Å². The standard InChI is InChI=1S/C26H38N4O/c1-26(2,3)23-6-4-22(5-7-23)24(29-18-12-20-8-14-27-15-9-20)25(31)30-19-13-21-10-16-28-17-11-21/h4-7,10-11,16-17,20,24,27,29H,8-9,12-15,18-19H2,1-3H3,(H,30,31). The molecule has 1 aliphatic rings. The maximum atomic E-state index is 13.1. The molecule has 2 heterocycles. The van der Waals surface area contributed by atoms with Crippen molar-refractivity contribution in [3.63, 3.8) is 0 Å². The summed E-state index contributed by atoms with van der Waals surface area (Å²) in [6, 6.07) is 12.2. The van der Waals surface area contributed by atoms with E-state index in [0.29, 0.717) is 6.54 Å². The lowest BCUT2D eigenvalue weighted by Gasteiger charge is -2.25. The minimum Gasteiger partial charge on any atom is -0.354 e. The van der Waals surface area contributed by atoms with E-state index in [4.69, 9.17) is 0 Å². The second-order valence-electron chi connectivity index (χ2n) is 9.64. The maximum Gasteiger partial charge on any atom is 0.241 e. The minimum atomic E-state index is -0.326. The Labute approximate surface area is 187 Å². The first-order valence-electron chi connectivity index (χ1n) is 11.6. The molecule has 1 aromatic carbocycles. The summed E-state index contributed by atoms with van der Waals surface area (Å²) in [7, 11) is 0. The first-order chi connectivity index (χ1) is 14.9. The summed E-state index contributed by atoms with van der Waals surface area (Å²) in [6.45, 7) is 10.3. The summed E-state index contributed by atoms with van der Waals surface area (Å²) in [6.07, 6.45) is 7.95. The average molecular weight is 423 g/mol. The van der Waals surface area contributed by atoms with Crippen LogP contribution in [0, 0.1) is 5.92 Å². The number of carbonyl (C=O) groups is 1. The van der Waals surface area contributed by atoms with E-state index in [1.54, 1.807) is 12.4 Å². The Morgan fingerprint density at radius 2 is 1.74 bits per heavy atom. The summed E-state index contributed by atoms with van der Waals surface area (Å²) in [5.41, 5.74) is 3.59. The first-order valence-corrected chi connectivity index (χ1v) is 11.6. The van der Waals surface area contributed by atoms with Gasteiger partial charge in [-0.1, -0.05) is 45.0 Å². The molecule has 5 nitrogen and oxygen atoms in total. The van der Waals surface area contributed by atoms with E-state index in [1.807, 2.05) is 12.1 Å². The number of nitrogens with zero attached hydrogens (tertiary/aromatic N) is 1. The van der Waals surface area contributed by atoms with Crippen LogP contribution in [0.15, 0.2) is 48.8 Å². The van der Waals surface area contributed by atoms with Crippen LogP contribution in [0.4, 0.5) is 0 Å². The van der Waals surface area contributed by atoms with E-state index in [-0.39, 0.29) is 17.4 Å². The monoisotopic (exact) mass is 422 g/mol. The van der Waals surface area contributed by atoms with Gasteiger partial charge in [-0.25, -0.2) is 0 Å². The summed E-state index contributed by atoms with van der Waals surface area (Å²) in [5.74, 6) is 0.787. The van der Waals surface area contributed by atoms with Crippen molar-refractivity contribution in [1.82, 2.24) is 20.9 Å². The molecule has 0 bridgehead atoms. The second kappa shape index (κ2) is 11.4. The number of aromatic nitrogens is 1. The van der Waals surface area contributed by atoms with Gasteiger partial charge >= 0.3 is 0 Å². The highest BCUT2D eigenvalue weighted by Gasteiger charge is 2.22. The van der Waals surface area contributed by atoms with Crippen LogP contribution in [0.2, 0.25) is 0 Å². The molecule has 1 fully saturated rings. The zero-order valence-electron chi connectivity index (χ0n) is 19.3. The quantitative estimate of drug-likeness (QED) is 0.576. The molecule has 1 aliphatic heterocycles. The van der Waals surface area contributed by atoms with Gasteiger partial charge in [0.05, 0.1) is 0 Å². The Bertz CT molecular complexity index is 792.